The van der Waals surface area contributed by atoms with E-state index in [1.165, 1.54) is 167 Å². The van der Waals surface area contributed by atoms with Gasteiger partial charge in [-0.3, -0.25) is 4.79 Å². The van der Waals surface area contributed by atoms with Crippen LogP contribution < -0.4 is 5.32 Å². The number of hydrogen-bond acceptors (Lipinski definition) is 10. The maximum Gasteiger partial charge on any atom is 0.249 e. The van der Waals surface area contributed by atoms with Crippen molar-refractivity contribution in [1.29, 1.82) is 0 Å². The second-order valence-electron chi connectivity index (χ2n) is 19.6. The second-order valence-corrected chi connectivity index (χ2v) is 19.6. The summed E-state index contributed by atoms with van der Waals surface area (Å²) in [6.07, 6.45) is 41.5. The SMILES string of the molecule is CCCCC/C=C/CCCC(O)C(O)C(COC1OC(CO)C(O)C(O)C1O)NC(=O)C(O)CCCCCCCCCCCCCCCCC/C=C\CCCCCCCCCCCCCC. The van der Waals surface area contributed by atoms with Crippen LogP contribution in [0.5, 0.6) is 0 Å². The van der Waals surface area contributed by atoms with Gasteiger partial charge in [0.2, 0.25) is 5.91 Å². The lowest BCUT2D eigenvalue weighted by Gasteiger charge is -2.40. The standard InChI is InChI=1S/C55H105NO10/c1-3-5-7-9-11-13-14-15-16-17-18-19-20-21-22-23-24-25-26-27-28-29-30-31-32-33-34-35-37-39-41-43-48(59)54(64)56-46(45-65-55-53(63)52(62)51(61)49(44-57)66-55)50(60)47(58)42-40-38-36-12-10-8-6-4-2/h12,21-22,36,46-53,55,57-63H,3-11,13-20,23-35,37-45H2,1-2H3,(H,56,64)/b22-21-,36-12+. The first-order chi connectivity index (χ1) is 32.2. The van der Waals surface area contributed by atoms with Crippen LogP contribution in [0.2, 0.25) is 0 Å². The van der Waals surface area contributed by atoms with Crippen molar-refractivity contribution in [2.75, 3.05) is 13.2 Å². The minimum atomic E-state index is -1.66. The van der Waals surface area contributed by atoms with Crippen molar-refractivity contribution in [1.82, 2.24) is 5.32 Å². The Balaban J connectivity index is 2.16. The molecule has 0 aliphatic carbocycles. The van der Waals surface area contributed by atoms with Crippen LogP contribution in [0.4, 0.5) is 0 Å². The molecular weight excluding hydrogens is 835 g/mol. The molecule has 1 aliphatic heterocycles. The number of aliphatic hydroxyl groups is 7. The summed E-state index contributed by atoms with van der Waals surface area (Å²) in [5.41, 5.74) is 0. The zero-order valence-corrected chi connectivity index (χ0v) is 42.4. The van der Waals surface area contributed by atoms with Crippen molar-refractivity contribution >= 4 is 5.91 Å². The summed E-state index contributed by atoms with van der Waals surface area (Å²) >= 11 is 0. The fourth-order valence-corrected chi connectivity index (χ4v) is 8.91. The summed E-state index contributed by atoms with van der Waals surface area (Å²) < 4.78 is 11.1. The fraction of sp³-hybridized carbons (Fsp3) is 0.909. The summed E-state index contributed by atoms with van der Waals surface area (Å²) in [5, 5.41) is 75.5. The Bertz CT molecular complexity index is 1120. The van der Waals surface area contributed by atoms with Gasteiger partial charge in [0.1, 0.15) is 36.6 Å². The first-order valence-electron chi connectivity index (χ1n) is 27.7. The number of amides is 1. The predicted molar refractivity (Wildman–Crippen MR) is 270 cm³/mol. The van der Waals surface area contributed by atoms with Crippen molar-refractivity contribution in [3.05, 3.63) is 24.3 Å². The third-order valence-corrected chi connectivity index (χ3v) is 13.5. The molecule has 1 amide bonds. The first-order valence-corrected chi connectivity index (χ1v) is 27.7. The molecule has 390 valence electrons. The highest BCUT2D eigenvalue weighted by Gasteiger charge is 2.44. The molecule has 9 atom stereocenters. The fourth-order valence-electron chi connectivity index (χ4n) is 8.91. The van der Waals surface area contributed by atoms with Gasteiger partial charge < -0.3 is 50.5 Å². The van der Waals surface area contributed by atoms with Crippen LogP contribution >= 0.6 is 0 Å². The maximum atomic E-state index is 13.1. The Morgan fingerprint density at radius 2 is 0.894 bits per heavy atom. The van der Waals surface area contributed by atoms with Crippen LogP contribution in [-0.4, -0.2) is 110 Å². The van der Waals surface area contributed by atoms with E-state index in [0.29, 0.717) is 12.8 Å². The van der Waals surface area contributed by atoms with Crippen molar-refractivity contribution in [3.8, 4) is 0 Å². The van der Waals surface area contributed by atoms with Crippen LogP contribution in [0.3, 0.4) is 0 Å². The van der Waals surface area contributed by atoms with E-state index in [4.69, 9.17) is 9.47 Å². The van der Waals surface area contributed by atoms with Gasteiger partial charge >= 0.3 is 0 Å². The van der Waals surface area contributed by atoms with Gasteiger partial charge in [-0.15, -0.1) is 0 Å². The smallest absolute Gasteiger partial charge is 0.249 e. The third kappa shape index (κ3) is 33.2. The lowest BCUT2D eigenvalue weighted by molar-refractivity contribution is -0.303. The Hall–Kier alpha value is -1.41. The number of carbonyl (C=O) groups is 1. The van der Waals surface area contributed by atoms with Gasteiger partial charge in [-0.2, -0.15) is 0 Å². The van der Waals surface area contributed by atoms with Gasteiger partial charge in [-0.25, -0.2) is 0 Å². The molecule has 11 nitrogen and oxygen atoms in total. The van der Waals surface area contributed by atoms with Gasteiger partial charge in [-0.1, -0.05) is 212 Å². The summed E-state index contributed by atoms with van der Waals surface area (Å²) in [5.74, 6) is -0.707. The number of unbranched alkanes of at least 4 members (excludes halogenated alkanes) is 31. The summed E-state index contributed by atoms with van der Waals surface area (Å²) in [6.45, 7) is 3.38. The average Bonchev–Trinajstić information content (AvgIpc) is 3.32. The highest BCUT2D eigenvalue weighted by atomic mass is 16.7. The molecule has 11 heteroatoms. The average molecular weight is 940 g/mol. The molecule has 0 aromatic heterocycles. The van der Waals surface area contributed by atoms with Gasteiger partial charge in [0.15, 0.2) is 6.29 Å². The van der Waals surface area contributed by atoms with Gasteiger partial charge in [-0.05, 0) is 64.2 Å². The highest BCUT2D eigenvalue weighted by Crippen LogP contribution is 2.23. The molecule has 8 N–H and O–H groups in total. The second kappa shape index (κ2) is 44.8. The number of carbonyl (C=O) groups excluding carboxylic acids is 1. The zero-order valence-electron chi connectivity index (χ0n) is 42.4. The van der Waals surface area contributed by atoms with Crippen LogP contribution in [0.1, 0.15) is 251 Å². The quantitative estimate of drug-likeness (QED) is 0.0215. The molecule has 0 radical (unpaired) electrons. The minimum Gasteiger partial charge on any atom is -0.394 e. The van der Waals surface area contributed by atoms with E-state index >= 15 is 0 Å². The van der Waals surface area contributed by atoms with Gasteiger partial charge in [0.25, 0.3) is 0 Å². The van der Waals surface area contributed by atoms with E-state index < -0.39 is 74.2 Å². The molecule has 0 saturated carbocycles. The third-order valence-electron chi connectivity index (χ3n) is 13.5. The molecule has 66 heavy (non-hydrogen) atoms. The van der Waals surface area contributed by atoms with E-state index in [2.05, 4.69) is 43.5 Å². The largest absolute Gasteiger partial charge is 0.394 e. The molecule has 0 aromatic carbocycles. The van der Waals surface area contributed by atoms with E-state index in [9.17, 15) is 40.5 Å². The van der Waals surface area contributed by atoms with Gasteiger partial charge in [0, 0.05) is 0 Å². The lowest BCUT2D eigenvalue weighted by atomic mass is 9.98. The Morgan fingerprint density at radius 1 is 0.515 bits per heavy atom. The normalized spacial score (nSPS) is 20.9. The van der Waals surface area contributed by atoms with E-state index in [1.54, 1.807) is 0 Å². The van der Waals surface area contributed by atoms with Crippen molar-refractivity contribution in [2.24, 2.45) is 0 Å². The highest BCUT2D eigenvalue weighted by molar-refractivity contribution is 5.80. The minimum absolute atomic E-state index is 0.256. The molecule has 1 aliphatic rings. The van der Waals surface area contributed by atoms with Crippen molar-refractivity contribution < 1.29 is 50.0 Å². The monoisotopic (exact) mass is 940 g/mol. The molecule has 0 spiro atoms. The molecule has 1 saturated heterocycles. The van der Waals surface area contributed by atoms with Crippen molar-refractivity contribution in [3.63, 3.8) is 0 Å². The summed E-state index contributed by atoms with van der Waals surface area (Å²) in [7, 11) is 0. The molecule has 9 unspecified atom stereocenters. The Labute approximate surface area is 404 Å². The van der Waals surface area contributed by atoms with E-state index in [-0.39, 0.29) is 12.8 Å². The topological polar surface area (TPSA) is 189 Å². The van der Waals surface area contributed by atoms with Crippen LogP contribution in [-0.2, 0) is 14.3 Å². The molecule has 0 aromatic rings. The number of ether oxygens (including phenoxy) is 2. The van der Waals surface area contributed by atoms with E-state index in [1.807, 2.05) is 0 Å². The summed E-state index contributed by atoms with van der Waals surface area (Å²) in [6, 6.07) is -1.18. The molecule has 0 bridgehead atoms. The van der Waals surface area contributed by atoms with E-state index in [0.717, 1.165) is 44.9 Å². The number of aliphatic hydroxyl groups excluding tert-OH is 7. The Morgan fingerprint density at radius 3 is 1.33 bits per heavy atom. The number of allylic oxidation sites excluding steroid dienone is 4. The van der Waals surface area contributed by atoms with Crippen LogP contribution in [0.25, 0.3) is 0 Å². The maximum absolute atomic E-state index is 13.1. The number of rotatable bonds is 47. The van der Waals surface area contributed by atoms with Gasteiger partial charge in [0.05, 0.1) is 25.4 Å². The summed E-state index contributed by atoms with van der Waals surface area (Å²) in [4.78, 5) is 13.1. The molecular formula is C55H105NO10. The lowest BCUT2D eigenvalue weighted by Crippen LogP contribution is -2.60. The van der Waals surface area contributed by atoms with Crippen molar-refractivity contribution in [2.45, 2.75) is 306 Å². The zero-order chi connectivity index (χ0) is 48.3. The molecule has 1 rings (SSSR count). The first kappa shape index (κ1) is 62.6. The predicted octanol–water partition coefficient (Wildman–Crippen LogP) is 11.0. The van der Waals surface area contributed by atoms with Crippen LogP contribution in [0.15, 0.2) is 24.3 Å². The Kier molecular flexibility index (Phi) is 42.5. The number of nitrogens with one attached hydrogen (secondary N) is 1. The van der Waals surface area contributed by atoms with Crippen LogP contribution in [0, 0.1) is 0 Å². The molecule has 1 fully saturated rings. The number of hydrogen-bond donors (Lipinski definition) is 8. The molecule has 1 heterocycles.